The van der Waals surface area contributed by atoms with Crippen molar-refractivity contribution in [2.24, 2.45) is 5.92 Å². The number of nitrogens with zero attached hydrogens (tertiary/aromatic N) is 2. The SMILES string of the molecule is CC(c1ccccc1)N1CC(C(=O)N2CCCC(O)(c3ccccc3)C2)CC1=O. The third kappa shape index (κ3) is 3.92. The molecule has 2 aromatic carbocycles. The molecule has 1 N–H and O–H groups in total. The summed E-state index contributed by atoms with van der Waals surface area (Å²) < 4.78 is 0. The summed E-state index contributed by atoms with van der Waals surface area (Å²) in [6.45, 7) is 3.37. The van der Waals surface area contributed by atoms with Crippen LogP contribution in [0.25, 0.3) is 0 Å². The minimum atomic E-state index is -1.02. The van der Waals surface area contributed by atoms with E-state index in [1.54, 1.807) is 4.90 Å². The Morgan fingerprint density at radius 2 is 1.76 bits per heavy atom. The van der Waals surface area contributed by atoms with Crippen molar-refractivity contribution in [1.29, 1.82) is 0 Å². The summed E-state index contributed by atoms with van der Waals surface area (Å²) in [5, 5.41) is 11.2. The highest BCUT2D eigenvalue weighted by Gasteiger charge is 2.42. The summed E-state index contributed by atoms with van der Waals surface area (Å²) in [6.07, 6.45) is 1.64. The summed E-state index contributed by atoms with van der Waals surface area (Å²) in [5.74, 6) is -0.336. The van der Waals surface area contributed by atoms with Gasteiger partial charge in [0.05, 0.1) is 18.5 Å². The van der Waals surface area contributed by atoms with Crippen LogP contribution in [0.5, 0.6) is 0 Å². The zero-order valence-corrected chi connectivity index (χ0v) is 16.8. The van der Waals surface area contributed by atoms with E-state index in [1.807, 2.05) is 72.5 Å². The number of β-amino-alcohol motifs (C(OH)–C–C–N with tert-alkyl or cyclic N) is 1. The molecule has 4 rings (SSSR count). The van der Waals surface area contributed by atoms with Crippen LogP contribution >= 0.6 is 0 Å². The predicted molar refractivity (Wildman–Crippen MR) is 111 cm³/mol. The van der Waals surface area contributed by atoms with E-state index in [0.717, 1.165) is 17.5 Å². The summed E-state index contributed by atoms with van der Waals surface area (Å²) in [4.78, 5) is 29.4. The van der Waals surface area contributed by atoms with Gasteiger partial charge in [-0.25, -0.2) is 0 Å². The fourth-order valence-corrected chi connectivity index (χ4v) is 4.65. The first-order valence-electron chi connectivity index (χ1n) is 10.4. The van der Waals surface area contributed by atoms with Crippen molar-refractivity contribution in [3.63, 3.8) is 0 Å². The van der Waals surface area contributed by atoms with E-state index in [0.29, 0.717) is 19.5 Å². The number of hydrogen-bond donors (Lipinski definition) is 1. The second-order valence-corrected chi connectivity index (χ2v) is 8.29. The Morgan fingerprint density at radius 3 is 2.45 bits per heavy atom. The maximum absolute atomic E-state index is 13.2. The van der Waals surface area contributed by atoms with Crippen LogP contribution in [0.1, 0.15) is 43.4 Å². The monoisotopic (exact) mass is 392 g/mol. The van der Waals surface area contributed by atoms with Gasteiger partial charge >= 0.3 is 0 Å². The first-order valence-corrected chi connectivity index (χ1v) is 10.4. The highest BCUT2D eigenvalue weighted by Crippen LogP contribution is 2.34. The molecule has 0 saturated carbocycles. The molecule has 5 nitrogen and oxygen atoms in total. The normalized spacial score (nSPS) is 25.9. The van der Waals surface area contributed by atoms with Gasteiger partial charge in [0, 0.05) is 19.5 Å². The Balaban J connectivity index is 1.45. The molecule has 2 amide bonds. The molecule has 29 heavy (non-hydrogen) atoms. The van der Waals surface area contributed by atoms with Crippen molar-refractivity contribution in [2.45, 2.75) is 37.8 Å². The van der Waals surface area contributed by atoms with Crippen molar-refractivity contribution in [1.82, 2.24) is 9.80 Å². The highest BCUT2D eigenvalue weighted by atomic mass is 16.3. The van der Waals surface area contributed by atoms with Crippen LogP contribution in [0.2, 0.25) is 0 Å². The van der Waals surface area contributed by atoms with E-state index in [2.05, 4.69) is 0 Å². The van der Waals surface area contributed by atoms with E-state index in [1.165, 1.54) is 0 Å². The lowest BCUT2D eigenvalue weighted by molar-refractivity contribution is -0.143. The van der Waals surface area contributed by atoms with Crippen molar-refractivity contribution < 1.29 is 14.7 Å². The number of piperidine rings is 1. The van der Waals surface area contributed by atoms with Gasteiger partial charge in [-0.1, -0.05) is 60.7 Å². The van der Waals surface area contributed by atoms with E-state index in [4.69, 9.17) is 0 Å². The maximum Gasteiger partial charge on any atom is 0.228 e. The third-order valence-electron chi connectivity index (χ3n) is 6.35. The molecule has 0 aromatic heterocycles. The number of benzene rings is 2. The van der Waals surface area contributed by atoms with Crippen molar-refractivity contribution >= 4 is 11.8 Å². The van der Waals surface area contributed by atoms with Gasteiger partial charge in [0.2, 0.25) is 11.8 Å². The average molecular weight is 392 g/mol. The summed E-state index contributed by atoms with van der Waals surface area (Å²) in [5.41, 5.74) is 0.902. The molecule has 0 radical (unpaired) electrons. The van der Waals surface area contributed by atoms with Crippen LogP contribution in [0.4, 0.5) is 0 Å². The molecular weight excluding hydrogens is 364 g/mol. The van der Waals surface area contributed by atoms with Crippen molar-refractivity contribution in [3.05, 3.63) is 71.8 Å². The molecule has 2 aliphatic rings. The molecule has 2 heterocycles. The largest absolute Gasteiger partial charge is 0.383 e. The number of carbonyl (C=O) groups is 2. The standard InChI is InChI=1S/C24H28N2O3/c1-18(19-9-4-2-5-10-19)26-16-20(15-22(26)27)23(28)25-14-8-13-24(29,17-25)21-11-6-3-7-12-21/h2-7,9-12,18,20,29H,8,13-17H2,1H3. The van der Waals surface area contributed by atoms with Crippen LogP contribution in [-0.2, 0) is 15.2 Å². The molecule has 5 heteroatoms. The molecule has 2 fully saturated rings. The number of aliphatic hydroxyl groups is 1. The molecule has 152 valence electrons. The van der Waals surface area contributed by atoms with Crippen LogP contribution in [-0.4, -0.2) is 46.4 Å². The summed E-state index contributed by atoms with van der Waals surface area (Å²) in [6, 6.07) is 19.4. The fourth-order valence-electron chi connectivity index (χ4n) is 4.65. The van der Waals surface area contributed by atoms with Gasteiger partial charge in [0.25, 0.3) is 0 Å². The quantitative estimate of drug-likeness (QED) is 0.870. The van der Waals surface area contributed by atoms with Crippen LogP contribution in [0.3, 0.4) is 0 Å². The van der Waals surface area contributed by atoms with E-state index < -0.39 is 5.60 Å². The summed E-state index contributed by atoms with van der Waals surface area (Å²) in [7, 11) is 0. The van der Waals surface area contributed by atoms with Crippen molar-refractivity contribution in [3.8, 4) is 0 Å². The minimum Gasteiger partial charge on any atom is -0.383 e. The predicted octanol–water partition coefficient (Wildman–Crippen LogP) is 3.11. The lowest BCUT2D eigenvalue weighted by Gasteiger charge is -2.40. The Bertz CT molecular complexity index is 870. The molecule has 3 atom stereocenters. The number of amides is 2. The third-order valence-corrected chi connectivity index (χ3v) is 6.35. The molecule has 2 aliphatic heterocycles. The van der Waals surface area contributed by atoms with E-state index in [-0.39, 0.29) is 36.7 Å². The molecule has 0 bridgehead atoms. The minimum absolute atomic E-state index is 0.0184. The van der Waals surface area contributed by atoms with Crippen LogP contribution in [0.15, 0.2) is 60.7 Å². The highest BCUT2D eigenvalue weighted by molar-refractivity contribution is 5.89. The number of carbonyl (C=O) groups excluding carboxylic acids is 2. The lowest BCUT2D eigenvalue weighted by Crippen LogP contribution is -2.50. The van der Waals surface area contributed by atoms with Gasteiger partial charge in [-0.3, -0.25) is 9.59 Å². The molecular formula is C24H28N2O3. The van der Waals surface area contributed by atoms with Gasteiger partial charge in [-0.2, -0.15) is 0 Å². The Kier molecular flexibility index (Phi) is 5.41. The Morgan fingerprint density at radius 1 is 1.10 bits per heavy atom. The second-order valence-electron chi connectivity index (χ2n) is 8.29. The van der Waals surface area contributed by atoms with E-state index in [9.17, 15) is 14.7 Å². The maximum atomic E-state index is 13.2. The molecule has 0 aliphatic carbocycles. The fraction of sp³-hybridized carbons (Fsp3) is 0.417. The van der Waals surface area contributed by atoms with Crippen molar-refractivity contribution in [2.75, 3.05) is 19.6 Å². The molecule has 3 unspecified atom stereocenters. The number of likely N-dealkylation sites (tertiary alicyclic amines) is 2. The topological polar surface area (TPSA) is 60.9 Å². The molecule has 2 aromatic rings. The Hall–Kier alpha value is -2.66. The van der Waals surface area contributed by atoms with E-state index >= 15 is 0 Å². The lowest BCUT2D eigenvalue weighted by atomic mass is 9.85. The first-order chi connectivity index (χ1) is 14.0. The summed E-state index contributed by atoms with van der Waals surface area (Å²) >= 11 is 0. The van der Waals surface area contributed by atoms with Gasteiger partial charge in [-0.15, -0.1) is 0 Å². The number of rotatable bonds is 4. The van der Waals surface area contributed by atoms with Gasteiger partial charge in [0.1, 0.15) is 5.60 Å². The van der Waals surface area contributed by atoms with Gasteiger partial charge in [-0.05, 0) is 30.9 Å². The van der Waals surface area contributed by atoms with Gasteiger partial charge < -0.3 is 14.9 Å². The molecule has 0 spiro atoms. The van der Waals surface area contributed by atoms with Crippen LogP contribution < -0.4 is 0 Å². The van der Waals surface area contributed by atoms with Crippen LogP contribution in [0, 0.1) is 5.92 Å². The zero-order chi connectivity index (χ0) is 20.4. The smallest absolute Gasteiger partial charge is 0.228 e. The Labute approximate surface area is 171 Å². The molecule has 2 saturated heterocycles. The second kappa shape index (κ2) is 7.99. The zero-order valence-electron chi connectivity index (χ0n) is 16.8. The van der Waals surface area contributed by atoms with Gasteiger partial charge in [0.15, 0.2) is 0 Å². The average Bonchev–Trinajstić information content (AvgIpc) is 3.15. The first kappa shape index (κ1) is 19.6. The number of hydrogen-bond acceptors (Lipinski definition) is 3.